The van der Waals surface area contributed by atoms with Crippen molar-refractivity contribution in [3.63, 3.8) is 0 Å². The Morgan fingerprint density at radius 1 is 1.08 bits per heavy atom. The molecule has 2 heterocycles. The fourth-order valence-electron chi connectivity index (χ4n) is 4.32. The van der Waals surface area contributed by atoms with E-state index < -0.39 is 22.6 Å². The molecule has 0 spiro atoms. The molecule has 1 N–H and O–H groups in total. The van der Waals surface area contributed by atoms with Crippen molar-refractivity contribution in [2.45, 2.75) is 31.0 Å². The molecule has 2 aromatic heterocycles. The Morgan fingerprint density at radius 2 is 1.79 bits per heavy atom. The van der Waals surface area contributed by atoms with Crippen LogP contribution in [0.5, 0.6) is 5.88 Å². The average Bonchev–Trinajstić information content (AvgIpc) is 2.84. The first-order valence-corrected chi connectivity index (χ1v) is 13.5. The van der Waals surface area contributed by atoms with Gasteiger partial charge in [0.2, 0.25) is 5.88 Å². The first kappa shape index (κ1) is 27.2. The molecule has 1 atom stereocenters. The number of aromatic nitrogens is 2. The predicted octanol–water partition coefficient (Wildman–Crippen LogP) is 5.43. The minimum atomic E-state index is -4.48. The van der Waals surface area contributed by atoms with Gasteiger partial charge in [0.1, 0.15) is 0 Å². The highest BCUT2D eigenvalue weighted by atomic mass is 32.2. The van der Waals surface area contributed by atoms with Crippen LogP contribution in [-0.4, -0.2) is 37.0 Å². The maximum absolute atomic E-state index is 13.4. The van der Waals surface area contributed by atoms with Crippen molar-refractivity contribution in [2.75, 3.05) is 18.2 Å². The van der Waals surface area contributed by atoms with E-state index >= 15 is 0 Å². The van der Waals surface area contributed by atoms with Crippen LogP contribution in [0.3, 0.4) is 0 Å². The fraction of sp³-hybridized carbons (Fsp3) is 0.259. The molecule has 0 fully saturated rings. The molecule has 0 aliphatic heterocycles. The van der Waals surface area contributed by atoms with Crippen molar-refractivity contribution in [1.82, 2.24) is 9.55 Å². The summed E-state index contributed by atoms with van der Waals surface area (Å²) >= 11 is 0. The van der Waals surface area contributed by atoms with Crippen LogP contribution >= 0.6 is 0 Å². The monoisotopic (exact) mass is 545 g/mol. The highest BCUT2D eigenvalue weighted by Gasteiger charge is 2.28. The molecule has 4 aromatic rings. The van der Waals surface area contributed by atoms with Gasteiger partial charge in [-0.25, -0.2) is 13.4 Å². The van der Waals surface area contributed by atoms with E-state index in [2.05, 4.69) is 15.0 Å². The summed E-state index contributed by atoms with van der Waals surface area (Å²) in [7, 11) is -1.87. The summed E-state index contributed by atoms with van der Waals surface area (Å²) < 4.78 is 68.1. The van der Waals surface area contributed by atoms with E-state index in [9.17, 15) is 26.4 Å². The van der Waals surface area contributed by atoms with Gasteiger partial charge in [-0.05, 0) is 60.7 Å². The smallest absolute Gasteiger partial charge is 0.422 e. The minimum absolute atomic E-state index is 0.166. The Morgan fingerprint density at radius 3 is 2.42 bits per heavy atom. The summed E-state index contributed by atoms with van der Waals surface area (Å²) in [5.41, 5.74) is 2.84. The Bertz CT molecular complexity index is 1660. The number of benzene rings is 2. The number of aryl methyl sites for hydroxylation is 1. The normalized spacial score (nSPS) is 12.9. The predicted molar refractivity (Wildman–Crippen MR) is 140 cm³/mol. The van der Waals surface area contributed by atoms with Crippen molar-refractivity contribution >= 4 is 26.3 Å². The number of alkyl halides is 3. The maximum atomic E-state index is 13.4. The molecule has 0 unspecified atom stereocenters. The Kier molecular flexibility index (Phi) is 7.24. The van der Waals surface area contributed by atoms with E-state index in [1.807, 2.05) is 26.0 Å². The lowest BCUT2D eigenvalue weighted by Gasteiger charge is -2.21. The van der Waals surface area contributed by atoms with Gasteiger partial charge in [0.15, 0.2) is 16.4 Å². The summed E-state index contributed by atoms with van der Waals surface area (Å²) in [6.45, 7) is 2.29. The van der Waals surface area contributed by atoms with Crippen molar-refractivity contribution in [2.24, 2.45) is 7.05 Å². The molecular weight excluding hydrogens is 519 g/mol. The molecular formula is C27H26F3N3O4S. The van der Waals surface area contributed by atoms with Crippen LogP contribution in [0.2, 0.25) is 0 Å². The van der Waals surface area contributed by atoms with E-state index in [1.165, 1.54) is 29.0 Å². The van der Waals surface area contributed by atoms with Gasteiger partial charge in [-0.15, -0.1) is 0 Å². The van der Waals surface area contributed by atoms with Gasteiger partial charge in [0, 0.05) is 42.6 Å². The number of sulfone groups is 1. The largest absolute Gasteiger partial charge is 0.468 e. The summed E-state index contributed by atoms with van der Waals surface area (Å²) in [5.74, 6) is -0.185. The number of hydrogen-bond donors (Lipinski definition) is 1. The molecule has 0 radical (unpaired) electrons. The number of halogens is 3. The van der Waals surface area contributed by atoms with Gasteiger partial charge in [-0.3, -0.25) is 4.79 Å². The van der Waals surface area contributed by atoms with E-state index in [1.54, 1.807) is 31.3 Å². The molecule has 7 nitrogen and oxygen atoms in total. The quantitative estimate of drug-likeness (QED) is 0.333. The van der Waals surface area contributed by atoms with Crippen LogP contribution < -0.4 is 15.6 Å². The number of hydrogen-bond acceptors (Lipinski definition) is 6. The lowest BCUT2D eigenvalue weighted by molar-refractivity contribution is -0.154. The minimum Gasteiger partial charge on any atom is -0.468 e. The lowest BCUT2D eigenvalue weighted by atomic mass is 9.96. The van der Waals surface area contributed by atoms with E-state index in [0.29, 0.717) is 27.7 Å². The van der Waals surface area contributed by atoms with Crippen LogP contribution in [0, 0.1) is 6.92 Å². The van der Waals surface area contributed by atoms with Crippen molar-refractivity contribution in [3.8, 4) is 17.1 Å². The molecule has 200 valence electrons. The molecule has 2 aromatic carbocycles. The van der Waals surface area contributed by atoms with Crippen molar-refractivity contribution in [1.29, 1.82) is 0 Å². The standard InChI is InChI=1S/C27H26F3N3O4S/c1-16-11-19(17(2)32-22-7-5-6-8-24(22)38(4,35)36)20-13-23(33(3)26(34)21(20)12-16)18-9-10-25(31-14-18)37-15-27(28,29)30/h5-14,17,32H,15H2,1-4H3/t17-/m1/s1. The Labute approximate surface area is 217 Å². The van der Waals surface area contributed by atoms with Gasteiger partial charge in [0.05, 0.1) is 16.3 Å². The molecule has 0 aliphatic rings. The van der Waals surface area contributed by atoms with Crippen LogP contribution in [0.4, 0.5) is 18.9 Å². The second-order valence-corrected chi connectivity index (χ2v) is 11.1. The van der Waals surface area contributed by atoms with Crippen LogP contribution in [0.25, 0.3) is 22.0 Å². The van der Waals surface area contributed by atoms with Gasteiger partial charge >= 0.3 is 6.18 Å². The average molecular weight is 546 g/mol. The third-order valence-corrected chi connectivity index (χ3v) is 7.23. The molecule has 0 amide bonds. The van der Waals surface area contributed by atoms with Gasteiger partial charge < -0.3 is 14.6 Å². The van der Waals surface area contributed by atoms with E-state index in [0.717, 1.165) is 17.4 Å². The van der Waals surface area contributed by atoms with E-state index in [4.69, 9.17) is 0 Å². The van der Waals surface area contributed by atoms with Crippen LogP contribution in [0.1, 0.15) is 24.1 Å². The molecule has 11 heteroatoms. The number of rotatable bonds is 7. The first-order chi connectivity index (χ1) is 17.7. The molecule has 0 aliphatic carbocycles. The topological polar surface area (TPSA) is 90.3 Å². The summed E-state index contributed by atoms with van der Waals surface area (Å²) in [5, 5.41) is 4.41. The fourth-order valence-corrected chi connectivity index (χ4v) is 5.17. The maximum Gasteiger partial charge on any atom is 0.422 e. The second kappa shape index (κ2) is 10.1. The summed E-state index contributed by atoms with van der Waals surface area (Å²) in [4.78, 5) is 17.5. The third-order valence-electron chi connectivity index (χ3n) is 6.07. The van der Waals surface area contributed by atoms with Crippen molar-refractivity contribution in [3.05, 3.63) is 82.3 Å². The van der Waals surface area contributed by atoms with E-state index in [-0.39, 0.29) is 22.4 Å². The number of ether oxygens (including phenoxy) is 1. The highest BCUT2D eigenvalue weighted by molar-refractivity contribution is 7.90. The number of nitrogens with one attached hydrogen (secondary N) is 1. The van der Waals surface area contributed by atoms with Crippen LogP contribution in [0.15, 0.2) is 70.5 Å². The van der Waals surface area contributed by atoms with Gasteiger partial charge in [0.25, 0.3) is 5.56 Å². The number of anilines is 1. The Balaban J connectivity index is 1.78. The zero-order valence-electron chi connectivity index (χ0n) is 21.1. The lowest BCUT2D eigenvalue weighted by Crippen LogP contribution is -2.20. The summed E-state index contributed by atoms with van der Waals surface area (Å²) in [6.07, 6.45) is -1.99. The van der Waals surface area contributed by atoms with Gasteiger partial charge in [-0.2, -0.15) is 13.2 Å². The van der Waals surface area contributed by atoms with Crippen molar-refractivity contribution < 1.29 is 26.3 Å². The molecule has 4 rings (SSSR count). The number of pyridine rings is 2. The number of para-hydroxylation sites is 1. The number of fused-ring (bicyclic) bond motifs is 1. The highest BCUT2D eigenvalue weighted by Crippen LogP contribution is 2.32. The second-order valence-electron chi connectivity index (χ2n) is 9.13. The molecule has 0 saturated heterocycles. The third kappa shape index (κ3) is 5.83. The Hall–Kier alpha value is -3.86. The zero-order chi connectivity index (χ0) is 27.8. The van der Waals surface area contributed by atoms with Crippen LogP contribution in [-0.2, 0) is 16.9 Å². The number of nitrogens with zero attached hydrogens (tertiary/aromatic N) is 2. The molecule has 0 bridgehead atoms. The summed E-state index contributed by atoms with van der Waals surface area (Å²) in [6, 6.07) is 14.6. The molecule has 38 heavy (non-hydrogen) atoms. The van der Waals surface area contributed by atoms with Gasteiger partial charge in [-0.1, -0.05) is 18.2 Å². The first-order valence-electron chi connectivity index (χ1n) is 11.6. The molecule has 0 saturated carbocycles. The zero-order valence-corrected chi connectivity index (χ0v) is 21.9. The SMILES string of the molecule is Cc1cc([C@@H](C)Nc2ccccc2S(C)(=O)=O)c2cc(-c3ccc(OCC(F)(F)F)nc3)n(C)c(=O)c2c1.